The molecule has 2 heterocycles. The number of benzene rings is 2. The van der Waals surface area contributed by atoms with Gasteiger partial charge in [-0.3, -0.25) is 9.59 Å². The molecule has 2 aromatic rings. The van der Waals surface area contributed by atoms with E-state index < -0.39 is 5.92 Å². The van der Waals surface area contributed by atoms with Gasteiger partial charge in [0.2, 0.25) is 5.91 Å². The average molecular weight is 441 g/mol. The topological polar surface area (TPSA) is 59.1 Å². The Bertz CT molecular complexity index is 986. The van der Waals surface area contributed by atoms with Crippen molar-refractivity contribution in [2.75, 3.05) is 40.6 Å². The van der Waals surface area contributed by atoms with Crippen LogP contribution in [0.4, 0.5) is 0 Å². The molecule has 0 unspecified atom stereocenters. The number of carbonyl (C=O) groups is 2. The molecule has 7 heteroatoms. The molecule has 0 spiro atoms. The van der Waals surface area contributed by atoms with Gasteiger partial charge in [0.15, 0.2) is 11.5 Å². The van der Waals surface area contributed by atoms with Crippen molar-refractivity contribution >= 4 is 23.6 Å². The van der Waals surface area contributed by atoms with Crippen molar-refractivity contribution in [3.05, 3.63) is 53.1 Å². The molecule has 0 saturated carbocycles. The fourth-order valence-corrected chi connectivity index (χ4v) is 5.07. The van der Waals surface area contributed by atoms with Crippen molar-refractivity contribution < 1.29 is 19.1 Å². The van der Waals surface area contributed by atoms with Crippen molar-refractivity contribution in [2.24, 2.45) is 0 Å². The summed E-state index contributed by atoms with van der Waals surface area (Å²) in [6.45, 7) is 1.52. The molecular weight excluding hydrogens is 412 g/mol. The molecule has 1 saturated heterocycles. The highest BCUT2D eigenvalue weighted by Gasteiger charge is 2.45. The Labute approximate surface area is 187 Å². The minimum absolute atomic E-state index is 0.0595. The Morgan fingerprint density at radius 3 is 2.23 bits per heavy atom. The summed E-state index contributed by atoms with van der Waals surface area (Å²) in [6.07, 6.45) is 4.05. The molecule has 0 aliphatic carbocycles. The van der Waals surface area contributed by atoms with Crippen LogP contribution >= 0.6 is 11.8 Å². The number of ether oxygens (including phenoxy) is 2. The van der Waals surface area contributed by atoms with Gasteiger partial charge < -0.3 is 19.3 Å². The lowest BCUT2D eigenvalue weighted by atomic mass is 9.79. The van der Waals surface area contributed by atoms with Crippen molar-refractivity contribution in [2.45, 2.75) is 29.7 Å². The SMILES string of the molecule is COc1cc2c(cc1OC)[C@@H](C(=O)N1CCCC1)[C@H](c1ccc(SC)cc1)N(C)C2=O. The lowest BCUT2D eigenvalue weighted by Gasteiger charge is -2.41. The third kappa shape index (κ3) is 3.76. The van der Waals surface area contributed by atoms with Crippen LogP contribution in [0.5, 0.6) is 11.5 Å². The predicted molar refractivity (Wildman–Crippen MR) is 121 cm³/mol. The number of likely N-dealkylation sites (tertiary alicyclic amines) is 1. The molecule has 31 heavy (non-hydrogen) atoms. The number of methoxy groups -OCH3 is 2. The molecule has 0 radical (unpaired) electrons. The van der Waals surface area contributed by atoms with Crippen LogP contribution in [0, 0.1) is 0 Å². The Morgan fingerprint density at radius 2 is 1.65 bits per heavy atom. The summed E-state index contributed by atoms with van der Waals surface area (Å²) in [7, 11) is 4.89. The average Bonchev–Trinajstić information content (AvgIpc) is 3.35. The molecule has 2 amide bonds. The fourth-order valence-electron chi connectivity index (χ4n) is 4.67. The fraction of sp³-hybridized carbons (Fsp3) is 0.417. The molecule has 2 aliphatic heterocycles. The quantitative estimate of drug-likeness (QED) is 0.659. The first-order valence-electron chi connectivity index (χ1n) is 10.5. The number of hydrogen-bond donors (Lipinski definition) is 0. The van der Waals surface area contributed by atoms with Crippen molar-refractivity contribution in [1.82, 2.24) is 9.80 Å². The first-order valence-corrected chi connectivity index (χ1v) is 11.7. The van der Waals surface area contributed by atoms with E-state index in [9.17, 15) is 9.59 Å². The summed E-state index contributed by atoms with van der Waals surface area (Å²) in [4.78, 5) is 31.9. The maximum absolute atomic E-state index is 13.8. The molecule has 1 fully saturated rings. The highest BCUT2D eigenvalue weighted by molar-refractivity contribution is 7.98. The molecule has 2 aliphatic rings. The molecule has 2 aromatic carbocycles. The third-order valence-electron chi connectivity index (χ3n) is 6.32. The second-order valence-electron chi connectivity index (χ2n) is 7.94. The number of hydrogen-bond acceptors (Lipinski definition) is 5. The van der Waals surface area contributed by atoms with Crippen molar-refractivity contribution in [3.8, 4) is 11.5 Å². The summed E-state index contributed by atoms with van der Waals surface area (Å²) in [5.74, 6) is 0.438. The summed E-state index contributed by atoms with van der Waals surface area (Å²) in [6, 6.07) is 11.2. The zero-order valence-corrected chi connectivity index (χ0v) is 19.2. The van der Waals surface area contributed by atoms with E-state index >= 15 is 0 Å². The summed E-state index contributed by atoms with van der Waals surface area (Å²) in [5, 5.41) is 0. The number of thioether (sulfide) groups is 1. The minimum atomic E-state index is -0.504. The van der Waals surface area contributed by atoms with Crippen LogP contribution < -0.4 is 9.47 Å². The summed E-state index contributed by atoms with van der Waals surface area (Å²) in [5.41, 5.74) is 2.15. The Kier molecular flexibility index (Phi) is 6.14. The van der Waals surface area contributed by atoms with Gasteiger partial charge >= 0.3 is 0 Å². The van der Waals surface area contributed by atoms with Gasteiger partial charge in [0, 0.05) is 30.6 Å². The van der Waals surface area contributed by atoms with E-state index in [1.165, 1.54) is 0 Å². The molecule has 2 atom stereocenters. The number of carbonyl (C=O) groups excluding carboxylic acids is 2. The Morgan fingerprint density at radius 1 is 1.03 bits per heavy atom. The van der Waals surface area contributed by atoms with E-state index in [1.807, 2.05) is 35.4 Å². The van der Waals surface area contributed by atoms with Crippen LogP contribution in [0.25, 0.3) is 0 Å². The monoisotopic (exact) mass is 440 g/mol. The van der Waals surface area contributed by atoms with Gasteiger partial charge in [-0.25, -0.2) is 0 Å². The number of likely N-dealkylation sites (N-methyl/N-ethyl adjacent to an activating group) is 1. The van der Waals surface area contributed by atoms with Crippen LogP contribution in [-0.2, 0) is 4.79 Å². The van der Waals surface area contributed by atoms with Gasteiger partial charge in [-0.2, -0.15) is 0 Å². The molecule has 4 rings (SSSR count). The van der Waals surface area contributed by atoms with Crippen LogP contribution in [0.15, 0.2) is 41.3 Å². The van der Waals surface area contributed by atoms with Crippen LogP contribution in [-0.4, -0.2) is 62.2 Å². The van der Waals surface area contributed by atoms with Gasteiger partial charge in [-0.05, 0) is 54.5 Å². The maximum Gasteiger partial charge on any atom is 0.254 e. The van der Waals surface area contributed by atoms with Gasteiger partial charge in [0.25, 0.3) is 5.91 Å². The smallest absolute Gasteiger partial charge is 0.254 e. The second kappa shape index (κ2) is 8.83. The Balaban J connectivity index is 1.89. The lowest BCUT2D eigenvalue weighted by molar-refractivity contribution is -0.133. The zero-order valence-electron chi connectivity index (χ0n) is 18.4. The number of rotatable bonds is 5. The van der Waals surface area contributed by atoms with Gasteiger partial charge in [0.1, 0.15) is 0 Å². The molecule has 164 valence electrons. The first kappa shape index (κ1) is 21.6. The van der Waals surface area contributed by atoms with E-state index in [4.69, 9.17) is 9.47 Å². The summed E-state index contributed by atoms with van der Waals surface area (Å²) >= 11 is 1.66. The minimum Gasteiger partial charge on any atom is -0.493 e. The second-order valence-corrected chi connectivity index (χ2v) is 8.82. The van der Waals surface area contributed by atoms with Crippen molar-refractivity contribution in [3.63, 3.8) is 0 Å². The number of amides is 2. The molecule has 0 N–H and O–H groups in total. The maximum atomic E-state index is 13.8. The first-order chi connectivity index (χ1) is 15.0. The third-order valence-corrected chi connectivity index (χ3v) is 7.06. The predicted octanol–water partition coefficient (Wildman–Crippen LogP) is 3.96. The number of fused-ring (bicyclic) bond motifs is 1. The molecule has 6 nitrogen and oxygen atoms in total. The highest BCUT2D eigenvalue weighted by atomic mass is 32.2. The van der Waals surface area contributed by atoms with Crippen LogP contribution in [0.2, 0.25) is 0 Å². The van der Waals surface area contributed by atoms with Crippen LogP contribution in [0.1, 0.15) is 46.3 Å². The van der Waals surface area contributed by atoms with E-state index in [2.05, 4.69) is 0 Å². The number of nitrogens with zero attached hydrogens (tertiary/aromatic N) is 2. The van der Waals surface area contributed by atoms with Gasteiger partial charge in [0.05, 0.1) is 26.2 Å². The highest BCUT2D eigenvalue weighted by Crippen LogP contribution is 2.46. The zero-order chi connectivity index (χ0) is 22.1. The largest absolute Gasteiger partial charge is 0.493 e. The van der Waals surface area contributed by atoms with E-state index in [-0.39, 0.29) is 17.9 Å². The lowest BCUT2D eigenvalue weighted by Crippen LogP contribution is -2.46. The van der Waals surface area contributed by atoms with E-state index in [1.54, 1.807) is 50.1 Å². The molecule has 0 bridgehead atoms. The van der Waals surface area contributed by atoms with Crippen LogP contribution in [0.3, 0.4) is 0 Å². The van der Waals surface area contributed by atoms with Gasteiger partial charge in [-0.1, -0.05) is 12.1 Å². The van der Waals surface area contributed by atoms with E-state index in [0.717, 1.165) is 36.4 Å². The summed E-state index contributed by atoms with van der Waals surface area (Å²) < 4.78 is 10.9. The normalized spacial score (nSPS) is 20.6. The van der Waals surface area contributed by atoms with E-state index in [0.29, 0.717) is 22.6 Å². The Hall–Kier alpha value is -2.67. The van der Waals surface area contributed by atoms with Gasteiger partial charge in [-0.15, -0.1) is 11.8 Å². The molecular formula is C24H28N2O4S. The standard InChI is InChI=1S/C24H28N2O4S/c1-25-22(15-7-9-16(31-4)10-8-15)21(24(28)26-11-5-6-12-26)17-13-19(29-2)20(30-3)14-18(17)23(25)27/h7-10,13-14,21-22H,5-6,11-12H2,1-4H3/t21-,22+/m1/s1. The van der Waals surface area contributed by atoms with Crippen molar-refractivity contribution in [1.29, 1.82) is 0 Å². The molecule has 0 aromatic heterocycles.